The molecule has 1 unspecified atom stereocenters. The summed E-state index contributed by atoms with van der Waals surface area (Å²) < 4.78 is 0. The summed E-state index contributed by atoms with van der Waals surface area (Å²) in [6.45, 7) is 3.36. The van der Waals surface area contributed by atoms with Gasteiger partial charge in [0, 0.05) is 29.6 Å². The zero-order valence-electron chi connectivity index (χ0n) is 10.8. The van der Waals surface area contributed by atoms with Crippen LogP contribution in [0.2, 0.25) is 0 Å². The lowest BCUT2D eigenvalue weighted by molar-refractivity contribution is 0.669. The van der Waals surface area contributed by atoms with Crippen molar-refractivity contribution in [3.63, 3.8) is 0 Å². The van der Waals surface area contributed by atoms with E-state index in [9.17, 15) is 0 Å². The third kappa shape index (κ3) is 2.44. The maximum absolute atomic E-state index is 2.58. The molecule has 1 aromatic carbocycles. The fourth-order valence-corrected chi connectivity index (χ4v) is 3.56. The smallest absolute Gasteiger partial charge is 0.0368 e. The Morgan fingerprint density at radius 3 is 2.78 bits per heavy atom. The van der Waals surface area contributed by atoms with Crippen molar-refractivity contribution in [1.82, 2.24) is 0 Å². The summed E-state index contributed by atoms with van der Waals surface area (Å²) in [5.41, 5.74) is 2.73. The molecular weight excluding hydrogens is 238 g/mol. The first-order valence-electron chi connectivity index (χ1n) is 6.68. The Morgan fingerprint density at radius 1 is 1.22 bits per heavy atom. The molecule has 0 saturated carbocycles. The molecule has 0 N–H and O–H groups in total. The fourth-order valence-electron chi connectivity index (χ4n) is 2.79. The van der Waals surface area contributed by atoms with Gasteiger partial charge in [-0.05, 0) is 43.3 Å². The Balaban J connectivity index is 1.76. The summed E-state index contributed by atoms with van der Waals surface area (Å²) in [6, 6.07) is 14.1. The van der Waals surface area contributed by atoms with Crippen molar-refractivity contribution in [2.24, 2.45) is 0 Å². The summed E-state index contributed by atoms with van der Waals surface area (Å²) in [4.78, 5) is 4.10. The van der Waals surface area contributed by atoms with Crippen molar-refractivity contribution >= 4 is 17.0 Å². The van der Waals surface area contributed by atoms with Crippen molar-refractivity contribution in [2.75, 3.05) is 11.4 Å². The van der Waals surface area contributed by atoms with Crippen LogP contribution in [-0.2, 0) is 6.42 Å². The number of anilines is 1. The van der Waals surface area contributed by atoms with Crippen LogP contribution in [-0.4, -0.2) is 12.6 Å². The topological polar surface area (TPSA) is 3.24 Å². The Hall–Kier alpha value is -1.28. The second kappa shape index (κ2) is 5.15. The number of hydrogen-bond acceptors (Lipinski definition) is 2. The Kier molecular flexibility index (Phi) is 3.37. The average Bonchev–Trinajstić information content (AvgIpc) is 3.02. The van der Waals surface area contributed by atoms with E-state index in [0.717, 1.165) is 0 Å². The summed E-state index contributed by atoms with van der Waals surface area (Å²) in [7, 11) is 0. The summed E-state index contributed by atoms with van der Waals surface area (Å²) in [5.74, 6) is 0. The van der Waals surface area contributed by atoms with Gasteiger partial charge in [-0.2, -0.15) is 0 Å². The molecule has 0 aliphatic carbocycles. The van der Waals surface area contributed by atoms with Crippen molar-refractivity contribution in [1.29, 1.82) is 0 Å². The number of nitrogens with zero attached hydrogens (tertiary/aromatic N) is 1. The molecule has 1 fully saturated rings. The lowest BCUT2D eigenvalue weighted by Gasteiger charge is -2.26. The van der Waals surface area contributed by atoms with Gasteiger partial charge in [-0.1, -0.05) is 23.8 Å². The van der Waals surface area contributed by atoms with Crippen molar-refractivity contribution in [2.45, 2.75) is 32.2 Å². The maximum atomic E-state index is 2.58. The first-order chi connectivity index (χ1) is 8.83. The number of benzene rings is 1. The third-order valence-corrected chi connectivity index (χ3v) is 4.66. The Morgan fingerprint density at radius 2 is 2.06 bits per heavy atom. The monoisotopic (exact) mass is 257 g/mol. The maximum Gasteiger partial charge on any atom is 0.0368 e. The van der Waals surface area contributed by atoms with Crippen LogP contribution in [0.5, 0.6) is 0 Å². The van der Waals surface area contributed by atoms with Crippen molar-refractivity contribution in [3.8, 4) is 0 Å². The van der Waals surface area contributed by atoms with Gasteiger partial charge in [-0.25, -0.2) is 0 Å². The second-order valence-electron chi connectivity index (χ2n) is 5.11. The molecule has 0 bridgehead atoms. The molecule has 1 saturated heterocycles. The highest BCUT2D eigenvalue weighted by Gasteiger charge is 2.24. The van der Waals surface area contributed by atoms with Crippen molar-refractivity contribution < 1.29 is 0 Å². The van der Waals surface area contributed by atoms with Gasteiger partial charge >= 0.3 is 0 Å². The van der Waals surface area contributed by atoms with E-state index in [2.05, 4.69) is 53.6 Å². The first-order valence-corrected chi connectivity index (χ1v) is 7.56. The minimum atomic E-state index is 0.686. The Labute approximate surface area is 113 Å². The van der Waals surface area contributed by atoms with E-state index < -0.39 is 0 Å². The minimum absolute atomic E-state index is 0.686. The number of hydrogen-bond donors (Lipinski definition) is 0. The van der Waals surface area contributed by atoms with Crippen LogP contribution in [0.1, 0.15) is 23.3 Å². The molecule has 2 heterocycles. The van der Waals surface area contributed by atoms with E-state index in [4.69, 9.17) is 0 Å². The number of thiophene rings is 1. The van der Waals surface area contributed by atoms with Crippen LogP contribution in [0.15, 0.2) is 41.8 Å². The van der Waals surface area contributed by atoms with Crippen LogP contribution in [0.4, 0.5) is 5.69 Å². The van der Waals surface area contributed by atoms with Crippen molar-refractivity contribution in [3.05, 3.63) is 52.2 Å². The largest absolute Gasteiger partial charge is 0.368 e. The predicted octanol–water partition coefficient (Wildman–Crippen LogP) is 4.27. The van der Waals surface area contributed by atoms with Gasteiger partial charge in [0.25, 0.3) is 0 Å². The molecule has 0 spiro atoms. The molecule has 1 aliphatic rings. The van der Waals surface area contributed by atoms with Crippen LogP contribution >= 0.6 is 11.3 Å². The highest BCUT2D eigenvalue weighted by molar-refractivity contribution is 7.09. The SMILES string of the molecule is Cc1ccc(N2CCCC2Cc2cccs2)cc1. The van der Waals surface area contributed by atoms with Crippen LogP contribution in [0, 0.1) is 6.92 Å². The van der Waals surface area contributed by atoms with Gasteiger partial charge in [-0.3, -0.25) is 0 Å². The summed E-state index contributed by atoms with van der Waals surface area (Å²) >= 11 is 1.88. The van der Waals surface area contributed by atoms with E-state index in [-0.39, 0.29) is 0 Å². The van der Waals surface area contributed by atoms with Crippen LogP contribution in [0.3, 0.4) is 0 Å². The molecule has 1 aromatic heterocycles. The first kappa shape index (κ1) is 11.8. The summed E-state index contributed by atoms with van der Waals surface area (Å²) in [5, 5.41) is 2.18. The summed E-state index contributed by atoms with van der Waals surface area (Å²) in [6.07, 6.45) is 3.85. The molecule has 94 valence electrons. The molecular formula is C16H19NS. The number of aryl methyl sites for hydroxylation is 1. The lowest BCUT2D eigenvalue weighted by Crippen LogP contribution is -2.30. The Bertz CT molecular complexity index is 486. The zero-order valence-corrected chi connectivity index (χ0v) is 11.6. The molecule has 0 amide bonds. The van der Waals surface area contributed by atoms with E-state index in [1.807, 2.05) is 11.3 Å². The average molecular weight is 257 g/mol. The van der Waals surface area contributed by atoms with Gasteiger partial charge in [0.15, 0.2) is 0 Å². The van der Waals surface area contributed by atoms with Gasteiger partial charge in [0.2, 0.25) is 0 Å². The number of rotatable bonds is 3. The zero-order chi connectivity index (χ0) is 12.4. The molecule has 0 radical (unpaired) electrons. The predicted molar refractivity (Wildman–Crippen MR) is 79.6 cm³/mol. The van der Waals surface area contributed by atoms with Crippen LogP contribution in [0.25, 0.3) is 0 Å². The van der Waals surface area contributed by atoms with E-state index in [0.29, 0.717) is 6.04 Å². The van der Waals surface area contributed by atoms with E-state index >= 15 is 0 Å². The molecule has 1 nitrogen and oxygen atoms in total. The highest BCUT2D eigenvalue weighted by Crippen LogP contribution is 2.28. The standard InChI is InChI=1S/C16H19NS/c1-13-6-8-14(9-7-13)17-10-2-4-15(17)12-16-5-3-11-18-16/h3,5-9,11,15H,2,4,10,12H2,1H3. The molecule has 1 aliphatic heterocycles. The normalized spacial score (nSPS) is 19.4. The van der Waals surface area contributed by atoms with Gasteiger partial charge < -0.3 is 4.90 Å². The molecule has 18 heavy (non-hydrogen) atoms. The minimum Gasteiger partial charge on any atom is -0.368 e. The quantitative estimate of drug-likeness (QED) is 0.794. The lowest BCUT2D eigenvalue weighted by atomic mass is 10.1. The van der Waals surface area contributed by atoms with Gasteiger partial charge in [-0.15, -0.1) is 11.3 Å². The van der Waals surface area contributed by atoms with Gasteiger partial charge in [0.05, 0.1) is 0 Å². The molecule has 2 heteroatoms. The fraction of sp³-hybridized carbons (Fsp3) is 0.375. The van der Waals surface area contributed by atoms with E-state index in [1.54, 1.807) is 0 Å². The highest BCUT2D eigenvalue weighted by atomic mass is 32.1. The van der Waals surface area contributed by atoms with Gasteiger partial charge in [0.1, 0.15) is 0 Å². The molecule has 3 rings (SSSR count). The van der Waals surface area contributed by atoms with Crippen LogP contribution < -0.4 is 4.90 Å². The van der Waals surface area contributed by atoms with E-state index in [1.165, 1.54) is 41.9 Å². The molecule has 2 aromatic rings. The third-order valence-electron chi connectivity index (χ3n) is 3.76. The molecule has 1 atom stereocenters. The second-order valence-corrected chi connectivity index (χ2v) is 6.14.